The first-order chi connectivity index (χ1) is 9.13. The van der Waals surface area contributed by atoms with Gasteiger partial charge >= 0.3 is 0 Å². The lowest BCUT2D eigenvalue weighted by atomic mass is 10.1. The van der Waals surface area contributed by atoms with Gasteiger partial charge in [0.1, 0.15) is 52.5 Å². The number of nitrogens with zero attached hydrogens (tertiary/aromatic N) is 3. The van der Waals surface area contributed by atoms with E-state index in [1.54, 1.807) is 0 Å². The van der Waals surface area contributed by atoms with Crippen LogP contribution in [-0.2, 0) is 4.74 Å². The fourth-order valence-corrected chi connectivity index (χ4v) is 2.88. The molecular weight excluding hydrogens is 272 g/mol. The molecule has 2 aromatic heterocycles. The van der Waals surface area contributed by atoms with Crippen LogP contribution < -0.4 is 5.73 Å². The summed E-state index contributed by atoms with van der Waals surface area (Å²) in [7, 11) is 0. The summed E-state index contributed by atoms with van der Waals surface area (Å²) >= 11 is 1.10. The van der Waals surface area contributed by atoms with Gasteiger partial charge in [-0.2, -0.15) is 4.37 Å². The number of nitrogens with two attached hydrogens (primary N) is 1. The molecule has 0 unspecified atom stereocenters. The fraction of sp³-hybridized carbons (Fsp3) is 0.500. The van der Waals surface area contributed by atoms with Crippen LogP contribution in [0.3, 0.4) is 0 Å². The lowest BCUT2D eigenvalue weighted by molar-refractivity contribution is -0.0233. The highest BCUT2D eigenvalue weighted by molar-refractivity contribution is 7.14. The highest BCUT2D eigenvalue weighted by Crippen LogP contribution is 2.37. The third kappa shape index (κ3) is 1.86. The molecule has 0 bridgehead atoms. The van der Waals surface area contributed by atoms with Crippen LogP contribution >= 0.6 is 11.5 Å². The summed E-state index contributed by atoms with van der Waals surface area (Å²) in [4.78, 5) is 7.94. The average Bonchev–Trinajstić information content (AvgIpc) is 2.94. The molecule has 0 aromatic carbocycles. The van der Waals surface area contributed by atoms with Gasteiger partial charge in [-0.05, 0) is 11.5 Å². The Hall–Kier alpha value is -1.39. The van der Waals surface area contributed by atoms with E-state index in [2.05, 4.69) is 14.3 Å². The van der Waals surface area contributed by atoms with Crippen LogP contribution in [0.5, 0.6) is 0 Å². The summed E-state index contributed by atoms with van der Waals surface area (Å²) in [5.74, 6) is 0.306. The van der Waals surface area contributed by atoms with Crippen LogP contribution in [0.2, 0.25) is 0 Å². The van der Waals surface area contributed by atoms with Crippen molar-refractivity contribution in [2.45, 2.75) is 24.4 Å². The summed E-state index contributed by atoms with van der Waals surface area (Å²) in [6.45, 7) is -0.381. The molecule has 8 nitrogen and oxygen atoms in total. The zero-order valence-corrected chi connectivity index (χ0v) is 10.5. The van der Waals surface area contributed by atoms with Crippen molar-refractivity contribution in [3.05, 3.63) is 12.0 Å². The molecule has 102 valence electrons. The van der Waals surface area contributed by atoms with Gasteiger partial charge in [-0.3, -0.25) is 0 Å². The van der Waals surface area contributed by atoms with Crippen LogP contribution in [0.25, 0.3) is 10.2 Å². The Balaban J connectivity index is 2.04. The molecular formula is C10H12N4O4S. The number of aromatic nitrogens is 3. The average molecular weight is 284 g/mol. The molecule has 1 aliphatic heterocycles. The number of aliphatic hydroxyl groups is 3. The van der Waals surface area contributed by atoms with E-state index in [0.29, 0.717) is 21.7 Å². The maximum absolute atomic E-state index is 9.96. The predicted molar refractivity (Wildman–Crippen MR) is 66.3 cm³/mol. The lowest BCUT2D eigenvalue weighted by Gasteiger charge is -2.12. The topological polar surface area (TPSA) is 135 Å². The number of fused-ring (bicyclic) bond motifs is 1. The van der Waals surface area contributed by atoms with Gasteiger partial charge in [-0.25, -0.2) is 9.97 Å². The number of aliphatic hydroxyl groups excluding tert-OH is 3. The van der Waals surface area contributed by atoms with Crippen molar-refractivity contribution in [2.24, 2.45) is 0 Å². The third-order valence-electron chi connectivity index (χ3n) is 3.12. The summed E-state index contributed by atoms with van der Waals surface area (Å²) in [5, 5.41) is 28.8. The number of nitrogen functional groups attached to an aromatic ring is 1. The first-order valence-corrected chi connectivity index (χ1v) is 6.39. The van der Waals surface area contributed by atoms with Crippen molar-refractivity contribution in [1.82, 2.24) is 14.3 Å². The number of ether oxygens (including phenoxy) is 1. The molecule has 3 heterocycles. The minimum Gasteiger partial charge on any atom is -0.394 e. The molecule has 9 heteroatoms. The molecule has 1 saturated heterocycles. The van der Waals surface area contributed by atoms with Crippen LogP contribution in [0, 0.1) is 0 Å². The van der Waals surface area contributed by atoms with E-state index in [-0.39, 0.29) is 6.61 Å². The molecule has 0 amide bonds. The smallest absolute Gasteiger partial charge is 0.146 e. The Kier molecular flexibility index (Phi) is 3.07. The number of anilines is 1. The van der Waals surface area contributed by atoms with Crippen molar-refractivity contribution in [3.8, 4) is 0 Å². The first kappa shape index (κ1) is 12.6. The van der Waals surface area contributed by atoms with E-state index in [1.165, 1.54) is 6.33 Å². The van der Waals surface area contributed by atoms with E-state index in [1.807, 2.05) is 0 Å². The fourth-order valence-electron chi connectivity index (χ4n) is 2.11. The SMILES string of the molecule is Nc1ncnc2c([C@@H]3O[C@@H](CO)[C@@H](O)[C@@H]3O)nsc12. The quantitative estimate of drug-likeness (QED) is 0.541. The second-order valence-electron chi connectivity index (χ2n) is 4.26. The van der Waals surface area contributed by atoms with Crippen molar-refractivity contribution in [2.75, 3.05) is 12.3 Å². The van der Waals surface area contributed by atoms with Crippen molar-refractivity contribution >= 4 is 27.6 Å². The van der Waals surface area contributed by atoms with Crippen molar-refractivity contribution in [1.29, 1.82) is 0 Å². The Bertz CT molecular complexity index is 606. The molecule has 3 rings (SSSR count). The van der Waals surface area contributed by atoms with Gasteiger partial charge in [-0.1, -0.05) is 0 Å². The van der Waals surface area contributed by atoms with Gasteiger partial charge in [0.2, 0.25) is 0 Å². The molecule has 1 aliphatic rings. The van der Waals surface area contributed by atoms with E-state index in [4.69, 9.17) is 15.6 Å². The van der Waals surface area contributed by atoms with Crippen molar-refractivity contribution < 1.29 is 20.1 Å². The number of hydrogen-bond acceptors (Lipinski definition) is 9. The third-order valence-corrected chi connectivity index (χ3v) is 3.99. The Morgan fingerprint density at radius 1 is 1.32 bits per heavy atom. The maximum Gasteiger partial charge on any atom is 0.146 e. The molecule has 4 atom stereocenters. The summed E-state index contributed by atoms with van der Waals surface area (Å²) in [5.41, 5.74) is 6.60. The summed E-state index contributed by atoms with van der Waals surface area (Å²) in [6.07, 6.45) is -2.70. The Labute approximate surface area is 111 Å². The summed E-state index contributed by atoms with van der Waals surface area (Å²) < 4.78 is 10.2. The van der Waals surface area contributed by atoms with Gasteiger partial charge in [0, 0.05) is 0 Å². The van der Waals surface area contributed by atoms with E-state index in [0.717, 1.165) is 11.5 Å². The normalized spacial score (nSPS) is 31.1. The maximum atomic E-state index is 9.96. The van der Waals surface area contributed by atoms with E-state index in [9.17, 15) is 10.2 Å². The standard InChI is InChI=1S/C10H12N4O4S/c11-10-9-5(12-2-13-10)4(14-19-9)8-7(17)6(16)3(1-15)18-8/h2-3,6-8,15-17H,1H2,(H2,11,12,13)/t3-,6+,7-,8-/m0/s1. The van der Waals surface area contributed by atoms with Gasteiger partial charge in [0.25, 0.3) is 0 Å². The predicted octanol–water partition coefficient (Wildman–Crippen LogP) is -1.18. The first-order valence-electron chi connectivity index (χ1n) is 5.61. The minimum absolute atomic E-state index is 0.306. The second kappa shape index (κ2) is 4.62. The van der Waals surface area contributed by atoms with Crippen LogP contribution in [-0.4, -0.2) is 54.6 Å². The van der Waals surface area contributed by atoms with Crippen LogP contribution in [0.15, 0.2) is 6.33 Å². The molecule has 1 fully saturated rings. The van der Waals surface area contributed by atoms with Gasteiger partial charge in [0.15, 0.2) is 0 Å². The Morgan fingerprint density at radius 2 is 2.11 bits per heavy atom. The highest BCUT2D eigenvalue weighted by atomic mass is 32.1. The molecule has 0 saturated carbocycles. The van der Waals surface area contributed by atoms with Crippen LogP contribution in [0.1, 0.15) is 11.8 Å². The van der Waals surface area contributed by atoms with Gasteiger partial charge in [0.05, 0.1) is 6.61 Å². The van der Waals surface area contributed by atoms with Crippen LogP contribution in [0.4, 0.5) is 5.82 Å². The minimum atomic E-state index is -1.17. The zero-order chi connectivity index (χ0) is 13.6. The largest absolute Gasteiger partial charge is 0.394 e. The van der Waals surface area contributed by atoms with E-state index < -0.39 is 24.4 Å². The highest BCUT2D eigenvalue weighted by Gasteiger charge is 2.45. The summed E-state index contributed by atoms with van der Waals surface area (Å²) in [6, 6.07) is 0. The number of rotatable bonds is 2. The molecule has 0 aliphatic carbocycles. The Morgan fingerprint density at radius 3 is 2.79 bits per heavy atom. The number of hydrogen-bond donors (Lipinski definition) is 4. The molecule has 19 heavy (non-hydrogen) atoms. The molecule has 5 N–H and O–H groups in total. The molecule has 2 aromatic rings. The zero-order valence-electron chi connectivity index (χ0n) is 9.67. The van der Waals surface area contributed by atoms with Gasteiger partial charge < -0.3 is 25.8 Å². The lowest BCUT2D eigenvalue weighted by Crippen LogP contribution is -2.32. The molecule has 0 radical (unpaired) electrons. The monoisotopic (exact) mass is 284 g/mol. The van der Waals surface area contributed by atoms with E-state index >= 15 is 0 Å². The van der Waals surface area contributed by atoms with Gasteiger partial charge in [-0.15, -0.1) is 0 Å². The second-order valence-corrected chi connectivity index (χ2v) is 5.04. The molecule has 0 spiro atoms. The van der Waals surface area contributed by atoms with Crippen molar-refractivity contribution in [3.63, 3.8) is 0 Å².